The Kier molecular flexibility index (Phi) is 4.96. The van der Waals surface area contributed by atoms with E-state index in [1.807, 2.05) is 25.1 Å². The van der Waals surface area contributed by atoms with Gasteiger partial charge < -0.3 is 20.7 Å². The number of nitrogens with zero attached hydrogens (tertiary/aromatic N) is 2. The standard InChI is InChI=1S/C22H23FN4O2/c1-13-10-16(3-5-20(13)27-8-6-14(7-9-27)21(24)28)25-12-18-17-4-2-15(23)11-19(17)26-22(18)29/h2-5,10-12,14,26,29H,6-9H2,1H3,(H2,24,28). The van der Waals surface area contributed by atoms with Crippen molar-refractivity contribution in [3.05, 3.63) is 53.3 Å². The smallest absolute Gasteiger partial charge is 0.220 e. The number of aromatic nitrogens is 1. The molecule has 3 aromatic rings. The molecular formula is C22H23FN4O2. The van der Waals surface area contributed by atoms with Gasteiger partial charge in [0, 0.05) is 36.3 Å². The molecule has 4 rings (SSSR count). The maximum absolute atomic E-state index is 13.4. The van der Waals surface area contributed by atoms with Gasteiger partial charge in [-0.2, -0.15) is 0 Å². The number of primary amides is 1. The predicted molar refractivity (Wildman–Crippen MR) is 112 cm³/mol. The lowest BCUT2D eigenvalue weighted by atomic mass is 9.95. The number of hydrogen-bond acceptors (Lipinski definition) is 4. The number of carbonyl (C=O) groups is 1. The molecule has 1 aliphatic heterocycles. The van der Waals surface area contributed by atoms with Crippen molar-refractivity contribution in [3.63, 3.8) is 0 Å². The largest absolute Gasteiger partial charge is 0.494 e. The number of nitrogens with two attached hydrogens (primary N) is 1. The van der Waals surface area contributed by atoms with E-state index in [-0.39, 0.29) is 23.5 Å². The number of nitrogens with one attached hydrogen (secondary N) is 1. The zero-order valence-electron chi connectivity index (χ0n) is 16.2. The summed E-state index contributed by atoms with van der Waals surface area (Å²) < 4.78 is 13.4. The molecule has 1 saturated heterocycles. The molecule has 0 unspecified atom stereocenters. The molecule has 2 aromatic carbocycles. The second-order valence-electron chi connectivity index (χ2n) is 7.47. The summed E-state index contributed by atoms with van der Waals surface area (Å²) in [5, 5.41) is 10.8. The van der Waals surface area contributed by atoms with E-state index >= 15 is 0 Å². The van der Waals surface area contributed by atoms with Crippen LogP contribution in [0.15, 0.2) is 41.4 Å². The number of hydrogen-bond donors (Lipinski definition) is 3. The summed E-state index contributed by atoms with van der Waals surface area (Å²) in [6.45, 7) is 3.63. The predicted octanol–water partition coefficient (Wildman–Crippen LogP) is 3.77. The van der Waals surface area contributed by atoms with Crippen LogP contribution in [0.4, 0.5) is 15.8 Å². The van der Waals surface area contributed by atoms with Crippen LogP contribution in [0, 0.1) is 18.7 Å². The Labute approximate surface area is 167 Å². The Hall–Kier alpha value is -3.35. The van der Waals surface area contributed by atoms with Crippen molar-refractivity contribution in [2.24, 2.45) is 16.6 Å². The zero-order valence-corrected chi connectivity index (χ0v) is 16.2. The lowest BCUT2D eigenvalue weighted by Crippen LogP contribution is -2.38. The third-order valence-electron chi connectivity index (χ3n) is 5.54. The molecule has 6 nitrogen and oxygen atoms in total. The Balaban J connectivity index is 1.53. The number of aromatic amines is 1. The lowest BCUT2D eigenvalue weighted by molar-refractivity contribution is -0.122. The number of fused-ring (bicyclic) bond motifs is 1. The van der Waals surface area contributed by atoms with Gasteiger partial charge in [0.1, 0.15) is 5.82 Å². The fourth-order valence-electron chi connectivity index (χ4n) is 3.93. The van der Waals surface area contributed by atoms with Gasteiger partial charge in [0.05, 0.1) is 16.8 Å². The maximum Gasteiger partial charge on any atom is 0.220 e. The molecule has 1 aliphatic rings. The van der Waals surface area contributed by atoms with Gasteiger partial charge in [0.2, 0.25) is 5.91 Å². The van der Waals surface area contributed by atoms with Crippen LogP contribution in [-0.4, -0.2) is 35.3 Å². The molecule has 1 amide bonds. The van der Waals surface area contributed by atoms with Crippen LogP contribution in [0.1, 0.15) is 24.0 Å². The van der Waals surface area contributed by atoms with Crippen molar-refractivity contribution in [1.29, 1.82) is 0 Å². The second kappa shape index (κ2) is 7.58. The van der Waals surface area contributed by atoms with Gasteiger partial charge in [0.25, 0.3) is 0 Å². The number of benzene rings is 2. The number of aryl methyl sites for hydroxylation is 1. The normalized spacial score (nSPS) is 15.4. The molecule has 0 spiro atoms. The van der Waals surface area contributed by atoms with Crippen molar-refractivity contribution in [3.8, 4) is 5.88 Å². The van der Waals surface area contributed by atoms with E-state index in [9.17, 15) is 14.3 Å². The van der Waals surface area contributed by atoms with Crippen LogP contribution in [0.2, 0.25) is 0 Å². The molecule has 0 atom stereocenters. The Bertz CT molecular complexity index is 1100. The minimum atomic E-state index is -0.367. The second-order valence-corrected chi connectivity index (χ2v) is 7.47. The number of halogens is 1. The molecule has 29 heavy (non-hydrogen) atoms. The van der Waals surface area contributed by atoms with Gasteiger partial charge in [-0.15, -0.1) is 0 Å². The molecule has 1 aromatic heterocycles. The fraction of sp³-hybridized carbons (Fsp3) is 0.273. The average molecular weight is 394 g/mol. The highest BCUT2D eigenvalue weighted by molar-refractivity contribution is 6.02. The highest BCUT2D eigenvalue weighted by atomic mass is 19.1. The Morgan fingerprint density at radius 3 is 2.72 bits per heavy atom. The van der Waals surface area contributed by atoms with E-state index in [4.69, 9.17) is 5.73 Å². The van der Waals surface area contributed by atoms with E-state index in [1.54, 1.807) is 12.3 Å². The number of aliphatic imine (C=N–C) groups is 1. The molecule has 2 heterocycles. The van der Waals surface area contributed by atoms with E-state index in [0.29, 0.717) is 16.5 Å². The van der Waals surface area contributed by atoms with E-state index < -0.39 is 0 Å². The van der Waals surface area contributed by atoms with Crippen LogP contribution < -0.4 is 10.6 Å². The maximum atomic E-state index is 13.4. The number of carbonyl (C=O) groups excluding carboxylic acids is 1. The van der Waals surface area contributed by atoms with Crippen molar-refractivity contribution < 1.29 is 14.3 Å². The summed E-state index contributed by atoms with van der Waals surface area (Å²) in [4.78, 5) is 20.9. The Morgan fingerprint density at radius 1 is 1.28 bits per heavy atom. The molecule has 7 heteroatoms. The highest BCUT2D eigenvalue weighted by Crippen LogP contribution is 2.30. The highest BCUT2D eigenvalue weighted by Gasteiger charge is 2.23. The number of aromatic hydroxyl groups is 1. The van der Waals surface area contributed by atoms with Gasteiger partial charge in [-0.1, -0.05) is 0 Å². The van der Waals surface area contributed by atoms with E-state index in [0.717, 1.165) is 42.9 Å². The SMILES string of the molecule is Cc1cc(N=Cc2c(O)[nH]c3cc(F)ccc23)ccc1N1CCC(C(N)=O)CC1. The van der Waals surface area contributed by atoms with Crippen LogP contribution in [0.5, 0.6) is 5.88 Å². The van der Waals surface area contributed by atoms with Crippen molar-refractivity contribution in [1.82, 2.24) is 4.98 Å². The summed E-state index contributed by atoms with van der Waals surface area (Å²) in [6.07, 6.45) is 3.13. The minimum absolute atomic E-state index is 0.0345. The first kappa shape index (κ1) is 19.0. The molecule has 0 aliphatic carbocycles. The van der Waals surface area contributed by atoms with Crippen molar-refractivity contribution >= 4 is 34.4 Å². The molecule has 0 saturated carbocycles. The fourth-order valence-corrected chi connectivity index (χ4v) is 3.93. The zero-order chi connectivity index (χ0) is 20.5. The van der Waals surface area contributed by atoms with Crippen LogP contribution in [0.25, 0.3) is 10.9 Å². The van der Waals surface area contributed by atoms with Gasteiger partial charge >= 0.3 is 0 Å². The van der Waals surface area contributed by atoms with Gasteiger partial charge in [-0.05, 0) is 61.7 Å². The van der Waals surface area contributed by atoms with Gasteiger partial charge in [-0.3, -0.25) is 9.79 Å². The number of piperidine rings is 1. The van der Waals surface area contributed by atoms with Crippen LogP contribution in [0.3, 0.4) is 0 Å². The monoisotopic (exact) mass is 394 g/mol. The summed E-state index contributed by atoms with van der Waals surface area (Å²) in [7, 11) is 0. The first-order valence-corrected chi connectivity index (χ1v) is 9.61. The Morgan fingerprint density at radius 2 is 2.03 bits per heavy atom. The molecule has 0 bridgehead atoms. The molecule has 4 N–H and O–H groups in total. The molecule has 1 fully saturated rings. The van der Waals surface area contributed by atoms with Crippen molar-refractivity contribution in [2.75, 3.05) is 18.0 Å². The molecule has 150 valence electrons. The third-order valence-corrected chi connectivity index (χ3v) is 5.54. The average Bonchev–Trinajstić information content (AvgIpc) is 3.00. The molecular weight excluding hydrogens is 371 g/mol. The number of rotatable bonds is 4. The van der Waals surface area contributed by atoms with Crippen LogP contribution >= 0.6 is 0 Å². The molecule has 0 radical (unpaired) electrons. The summed E-state index contributed by atoms with van der Waals surface area (Å²) in [6, 6.07) is 10.2. The number of anilines is 1. The minimum Gasteiger partial charge on any atom is -0.494 e. The van der Waals surface area contributed by atoms with Gasteiger partial charge in [-0.25, -0.2) is 4.39 Å². The summed E-state index contributed by atoms with van der Waals surface area (Å²) >= 11 is 0. The number of H-pyrrole nitrogens is 1. The van der Waals surface area contributed by atoms with Crippen LogP contribution in [-0.2, 0) is 4.79 Å². The first-order valence-electron chi connectivity index (χ1n) is 9.61. The van der Waals surface area contributed by atoms with E-state index in [1.165, 1.54) is 12.1 Å². The van der Waals surface area contributed by atoms with Crippen molar-refractivity contribution in [2.45, 2.75) is 19.8 Å². The number of amides is 1. The lowest BCUT2D eigenvalue weighted by Gasteiger charge is -2.33. The quantitative estimate of drug-likeness (QED) is 0.588. The van der Waals surface area contributed by atoms with Gasteiger partial charge in [0.15, 0.2) is 5.88 Å². The summed E-state index contributed by atoms with van der Waals surface area (Å²) in [5.74, 6) is -0.657. The summed E-state index contributed by atoms with van der Waals surface area (Å²) in [5.41, 5.74) is 9.43. The topological polar surface area (TPSA) is 94.7 Å². The third kappa shape index (κ3) is 3.81. The van der Waals surface area contributed by atoms with E-state index in [2.05, 4.69) is 14.9 Å². The first-order chi connectivity index (χ1) is 13.9.